The SMILES string of the molecule is CC#CC(C)Cc1ccc(Oc2ccccc2)cc1C. The third-order valence-corrected chi connectivity index (χ3v) is 3.21. The smallest absolute Gasteiger partial charge is 0.127 e. The van der Waals surface area contributed by atoms with Crippen LogP contribution in [0.25, 0.3) is 0 Å². The second kappa shape index (κ2) is 6.82. The molecule has 0 N–H and O–H groups in total. The van der Waals surface area contributed by atoms with Crippen LogP contribution in [0.4, 0.5) is 0 Å². The first kappa shape index (κ1) is 14.2. The quantitative estimate of drug-likeness (QED) is 0.707. The molecule has 2 aromatic carbocycles. The Kier molecular flexibility index (Phi) is 4.85. The van der Waals surface area contributed by atoms with Crippen molar-refractivity contribution in [1.82, 2.24) is 0 Å². The molecule has 0 saturated carbocycles. The van der Waals surface area contributed by atoms with E-state index in [0.29, 0.717) is 5.92 Å². The van der Waals surface area contributed by atoms with Crippen LogP contribution in [0.3, 0.4) is 0 Å². The Hall–Kier alpha value is -2.20. The number of hydrogen-bond donors (Lipinski definition) is 0. The second-order valence-electron chi connectivity index (χ2n) is 5.00. The zero-order valence-electron chi connectivity index (χ0n) is 12.3. The van der Waals surface area contributed by atoms with Crippen LogP contribution in [0.2, 0.25) is 0 Å². The summed E-state index contributed by atoms with van der Waals surface area (Å²) in [6.45, 7) is 6.17. The molecule has 20 heavy (non-hydrogen) atoms. The largest absolute Gasteiger partial charge is 0.457 e. The van der Waals surface area contributed by atoms with E-state index in [1.807, 2.05) is 43.3 Å². The molecule has 0 heterocycles. The molecule has 0 amide bonds. The topological polar surface area (TPSA) is 9.23 Å². The summed E-state index contributed by atoms with van der Waals surface area (Å²) in [5.41, 5.74) is 2.59. The molecule has 0 saturated heterocycles. The Morgan fingerprint density at radius 3 is 2.45 bits per heavy atom. The molecule has 2 aromatic rings. The van der Waals surface area contributed by atoms with Gasteiger partial charge < -0.3 is 4.74 Å². The van der Waals surface area contributed by atoms with Gasteiger partial charge in [0.15, 0.2) is 0 Å². The molecular formula is C19H20O. The van der Waals surface area contributed by atoms with Gasteiger partial charge in [0.2, 0.25) is 0 Å². The van der Waals surface area contributed by atoms with E-state index in [2.05, 4.69) is 37.8 Å². The highest BCUT2D eigenvalue weighted by molar-refractivity contribution is 5.38. The van der Waals surface area contributed by atoms with E-state index in [1.54, 1.807) is 0 Å². The Morgan fingerprint density at radius 1 is 1.05 bits per heavy atom. The summed E-state index contributed by atoms with van der Waals surface area (Å²) < 4.78 is 5.84. The normalized spacial score (nSPS) is 11.3. The number of aryl methyl sites for hydroxylation is 1. The van der Waals surface area contributed by atoms with E-state index in [1.165, 1.54) is 11.1 Å². The highest BCUT2D eigenvalue weighted by Crippen LogP contribution is 2.24. The van der Waals surface area contributed by atoms with Gasteiger partial charge in [0.1, 0.15) is 11.5 Å². The van der Waals surface area contributed by atoms with Crippen molar-refractivity contribution in [2.24, 2.45) is 5.92 Å². The van der Waals surface area contributed by atoms with Crippen LogP contribution in [0.5, 0.6) is 11.5 Å². The van der Waals surface area contributed by atoms with Crippen molar-refractivity contribution in [3.8, 4) is 23.3 Å². The average Bonchev–Trinajstić information content (AvgIpc) is 2.43. The number of ether oxygens (including phenoxy) is 1. The van der Waals surface area contributed by atoms with Crippen LogP contribution < -0.4 is 4.74 Å². The minimum atomic E-state index is 0.389. The summed E-state index contributed by atoms with van der Waals surface area (Å²) in [7, 11) is 0. The zero-order valence-corrected chi connectivity index (χ0v) is 12.3. The van der Waals surface area contributed by atoms with Gasteiger partial charge in [0.25, 0.3) is 0 Å². The molecule has 0 aliphatic carbocycles. The van der Waals surface area contributed by atoms with Gasteiger partial charge in [-0.25, -0.2) is 0 Å². The summed E-state index contributed by atoms with van der Waals surface area (Å²) in [5.74, 6) is 8.31. The van der Waals surface area contributed by atoms with Crippen LogP contribution in [0.1, 0.15) is 25.0 Å². The lowest BCUT2D eigenvalue weighted by molar-refractivity contribution is 0.482. The van der Waals surface area contributed by atoms with Crippen molar-refractivity contribution in [2.45, 2.75) is 27.2 Å². The number of hydrogen-bond acceptors (Lipinski definition) is 1. The first-order chi connectivity index (χ1) is 9.69. The van der Waals surface area contributed by atoms with E-state index in [0.717, 1.165) is 17.9 Å². The lowest BCUT2D eigenvalue weighted by Gasteiger charge is -2.11. The monoisotopic (exact) mass is 264 g/mol. The molecular weight excluding hydrogens is 244 g/mol. The van der Waals surface area contributed by atoms with Crippen molar-refractivity contribution >= 4 is 0 Å². The zero-order chi connectivity index (χ0) is 14.4. The molecule has 1 heteroatoms. The molecule has 1 atom stereocenters. The van der Waals surface area contributed by atoms with Gasteiger partial charge >= 0.3 is 0 Å². The van der Waals surface area contributed by atoms with Gasteiger partial charge in [0.05, 0.1) is 0 Å². The van der Waals surface area contributed by atoms with Crippen LogP contribution in [0.15, 0.2) is 48.5 Å². The predicted molar refractivity (Wildman–Crippen MR) is 84.0 cm³/mol. The van der Waals surface area contributed by atoms with E-state index in [-0.39, 0.29) is 0 Å². The van der Waals surface area contributed by atoms with Crippen LogP contribution in [-0.4, -0.2) is 0 Å². The maximum atomic E-state index is 5.84. The lowest BCUT2D eigenvalue weighted by atomic mass is 9.97. The fourth-order valence-electron chi connectivity index (χ4n) is 2.21. The minimum absolute atomic E-state index is 0.389. The molecule has 1 unspecified atom stereocenters. The standard InChI is InChI=1S/C19H20O/c1-4-8-15(2)13-17-11-12-19(14-16(17)3)20-18-9-6-5-7-10-18/h5-7,9-12,14-15H,13H2,1-3H3. The van der Waals surface area contributed by atoms with Crippen molar-refractivity contribution in [3.63, 3.8) is 0 Å². The predicted octanol–water partition coefficient (Wildman–Crippen LogP) is 4.99. The van der Waals surface area contributed by atoms with Gasteiger partial charge in [0, 0.05) is 5.92 Å². The van der Waals surface area contributed by atoms with Crippen LogP contribution in [0, 0.1) is 24.7 Å². The van der Waals surface area contributed by atoms with Crippen molar-refractivity contribution in [3.05, 3.63) is 59.7 Å². The first-order valence-corrected chi connectivity index (χ1v) is 6.93. The van der Waals surface area contributed by atoms with Crippen LogP contribution in [-0.2, 0) is 6.42 Å². The number of para-hydroxylation sites is 1. The van der Waals surface area contributed by atoms with Gasteiger partial charge in [-0.2, -0.15) is 0 Å². The molecule has 2 rings (SSSR count). The number of rotatable bonds is 4. The summed E-state index contributed by atoms with van der Waals surface area (Å²) in [5, 5.41) is 0. The first-order valence-electron chi connectivity index (χ1n) is 6.93. The maximum Gasteiger partial charge on any atom is 0.127 e. The van der Waals surface area contributed by atoms with Gasteiger partial charge in [-0.1, -0.05) is 31.2 Å². The summed E-state index contributed by atoms with van der Waals surface area (Å²) in [4.78, 5) is 0. The van der Waals surface area contributed by atoms with E-state index >= 15 is 0 Å². The fourth-order valence-corrected chi connectivity index (χ4v) is 2.21. The molecule has 0 fully saturated rings. The summed E-state index contributed by atoms with van der Waals surface area (Å²) in [6.07, 6.45) is 0.984. The lowest BCUT2D eigenvalue weighted by Crippen LogP contribution is -1.99. The highest BCUT2D eigenvalue weighted by Gasteiger charge is 2.05. The Bertz CT molecular complexity index is 617. The molecule has 0 aliphatic heterocycles. The second-order valence-corrected chi connectivity index (χ2v) is 5.00. The molecule has 102 valence electrons. The van der Waals surface area contributed by atoms with Crippen molar-refractivity contribution in [2.75, 3.05) is 0 Å². The van der Waals surface area contributed by atoms with E-state index in [9.17, 15) is 0 Å². The van der Waals surface area contributed by atoms with Gasteiger partial charge in [-0.3, -0.25) is 0 Å². The average molecular weight is 264 g/mol. The molecule has 0 aromatic heterocycles. The third kappa shape index (κ3) is 3.90. The molecule has 0 bridgehead atoms. The van der Waals surface area contributed by atoms with Crippen molar-refractivity contribution in [1.29, 1.82) is 0 Å². The Labute approximate surface area is 121 Å². The van der Waals surface area contributed by atoms with Gasteiger partial charge in [-0.15, -0.1) is 11.8 Å². The van der Waals surface area contributed by atoms with E-state index in [4.69, 9.17) is 4.74 Å². The summed E-state index contributed by atoms with van der Waals surface area (Å²) >= 11 is 0. The fraction of sp³-hybridized carbons (Fsp3) is 0.263. The Morgan fingerprint density at radius 2 is 1.80 bits per heavy atom. The summed E-state index contributed by atoms with van der Waals surface area (Å²) in [6, 6.07) is 16.1. The van der Waals surface area contributed by atoms with E-state index < -0.39 is 0 Å². The maximum absolute atomic E-state index is 5.84. The molecule has 1 nitrogen and oxygen atoms in total. The van der Waals surface area contributed by atoms with Crippen molar-refractivity contribution < 1.29 is 4.74 Å². The van der Waals surface area contributed by atoms with Gasteiger partial charge in [-0.05, 0) is 55.7 Å². The van der Waals surface area contributed by atoms with Crippen LogP contribution >= 0.6 is 0 Å². The molecule has 0 radical (unpaired) electrons. The highest BCUT2D eigenvalue weighted by atomic mass is 16.5. The molecule has 0 spiro atoms. The Balaban J connectivity index is 2.11. The molecule has 0 aliphatic rings. The third-order valence-electron chi connectivity index (χ3n) is 3.21. The minimum Gasteiger partial charge on any atom is -0.457 e. The number of benzene rings is 2.